The Bertz CT molecular complexity index is 391. The first kappa shape index (κ1) is 16.5. The maximum absolute atomic E-state index is 6.10. The molecule has 0 aliphatic carbocycles. The van der Waals surface area contributed by atoms with E-state index in [0.29, 0.717) is 0 Å². The van der Waals surface area contributed by atoms with E-state index in [4.69, 9.17) is 5.73 Å². The van der Waals surface area contributed by atoms with E-state index in [0.717, 1.165) is 30.5 Å². The summed E-state index contributed by atoms with van der Waals surface area (Å²) in [4.78, 5) is 4.65. The van der Waals surface area contributed by atoms with E-state index >= 15 is 0 Å². The summed E-state index contributed by atoms with van der Waals surface area (Å²) in [5.74, 6) is 0. The summed E-state index contributed by atoms with van der Waals surface area (Å²) in [7, 11) is 4.22. The van der Waals surface area contributed by atoms with Crippen LogP contribution in [0.3, 0.4) is 0 Å². The van der Waals surface area contributed by atoms with Gasteiger partial charge in [0.1, 0.15) is 0 Å². The van der Waals surface area contributed by atoms with E-state index in [2.05, 4.69) is 64.9 Å². The Hall–Kier alpha value is -0.580. The van der Waals surface area contributed by atoms with Crippen molar-refractivity contribution in [2.45, 2.75) is 26.3 Å². The zero-order valence-electron chi connectivity index (χ0n) is 12.5. The Balaban J connectivity index is 3.02. The van der Waals surface area contributed by atoms with Gasteiger partial charge in [-0.15, -0.1) is 0 Å². The molecule has 1 rings (SSSR count). The van der Waals surface area contributed by atoms with Crippen molar-refractivity contribution in [3.05, 3.63) is 28.2 Å². The smallest absolute Gasteiger partial charge is 0.0426 e. The van der Waals surface area contributed by atoms with Gasteiger partial charge in [0.05, 0.1) is 0 Å². The van der Waals surface area contributed by atoms with Crippen LogP contribution in [0, 0.1) is 0 Å². The fourth-order valence-corrected chi connectivity index (χ4v) is 2.47. The van der Waals surface area contributed by atoms with Gasteiger partial charge in [0.2, 0.25) is 0 Å². The third-order valence-corrected chi connectivity index (χ3v) is 3.63. The molecule has 1 aromatic rings. The largest absolute Gasteiger partial charge is 0.370 e. The normalized spacial score (nSPS) is 12.8. The van der Waals surface area contributed by atoms with Crippen molar-refractivity contribution in [1.82, 2.24) is 4.90 Å². The molecule has 0 aliphatic heterocycles. The molecule has 3 nitrogen and oxygen atoms in total. The van der Waals surface area contributed by atoms with Crippen LogP contribution in [-0.2, 0) is 0 Å². The molecule has 1 atom stereocenters. The van der Waals surface area contributed by atoms with E-state index in [9.17, 15) is 0 Å². The van der Waals surface area contributed by atoms with E-state index < -0.39 is 0 Å². The van der Waals surface area contributed by atoms with Gasteiger partial charge in [-0.1, -0.05) is 28.9 Å². The third kappa shape index (κ3) is 5.13. The number of halogens is 1. The van der Waals surface area contributed by atoms with Crippen molar-refractivity contribution >= 4 is 21.6 Å². The second-order valence-electron chi connectivity index (χ2n) is 5.28. The molecule has 2 N–H and O–H groups in total. The minimum Gasteiger partial charge on any atom is -0.370 e. The predicted octanol–water partition coefficient (Wildman–Crippen LogP) is 3.25. The van der Waals surface area contributed by atoms with Gasteiger partial charge in [-0.25, -0.2) is 0 Å². The number of likely N-dealkylation sites (N-methyl/N-ethyl adjacent to an activating group) is 1. The Morgan fingerprint density at radius 2 is 1.89 bits per heavy atom. The monoisotopic (exact) mass is 327 g/mol. The lowest BCUT2D eigenvalue weighted by molar-refractivity contribution is 0.412. The summed E-state index contributed by atoms with van der Waals surface area (Å²) >= 11 is 3.57. The first-order valence-corrected chi connectivity index (χ1v) is 7.69. The Labute approximate surface area is 125 Å². The molecule has 1 unspecified atom stereocenters. The third-order valence-electron chi connectivity index (χ3n) is 3.13. The zero-order valence-corrected chi connectivity index (χ0v) is 14.1. The van der Waals surface area contributed by atoms with Crippen LogP contribution in [0.15, 0.2) is 22.7 Å². The second-order valence-corrected chi connectivity index (χ2v) is 6.20. The molecule has 4 heteroatoms. The van der Waals surface area contributed by atoms with Crippen molar-refractivity contribution < 1.29 is 0 Å². The minimum atomic E-state index is 0.0572. The van der Waals surface area contributed by atoms with Crippen LogP contribution in [0.25, 0.3) is 0 Å². The van der Waals surface area contributed by atoms with Crippen LogP contribution in [0.5, 0.6) is 0 Å². The molecule has 0 spiro atoms. The highest BCUT2D eigenvalue weighted by Crippen LogP contribution is 2.29. The molecule has 0 aromatic heterocycles. The van der Waals surface area contributed by atoms with Crippen LogP contribution < -0.4 is 10.6 Å². The van der Waals surface area contributed by atoms with Crippen LogP contribution >= 0.6 is 15.9 Å². The zero-order chi connectivity index (χ0) is 14.4. The van der Waals surface area contributed by atoms with Gasteiger partial charge in [-0.05, 0) is 45.1 Å². The number of hydrogen-bond acceptors (Lipinski definition) is 3. The van der Waals surface area contributed by atoms with Crippen molar-refractivity contribution in [3.63, 3.8) is 0 Å². The van der Waals surface area contributed by atoms with Crippen LogP contribution in [-0.4, -0.2) is 38.6 Å². The lowest BCUT2D eigenvalue weighted by Gasteiger charge is -2.29. The highest BCUT2D eigenvalue weighted by atomic mass is 79.9. The summed E-state index contributed by atoms with van der Waals surface area (Å²) < 4.78 is 1.11. The quantitative estimate of drug-likeness (QED) is 0.834. The molecule has 0 fully saturated rings. The average Bonchev–Trinajstić information content (AvgIpc) is 2.33. The van der Waals surface area contributed by atoms with Gasteiger partial charge in [-0.3, -0.25) is 0 Å². The fourth-order valence-electron chi connectivity index (χ4n) is 2.12. The molecule has 0 bridgehead atoms. The summed E-state index contributed by atoms with van der Waals surface area (Å²) in [5, 5.41) is 0. The van der Waals surface area contributed by atoms with E-state index in [1.54, 1.807) is 0 Å². The highest BCUT2D eigenvalue weighted by molar-refractivity contribution is 9.10. The molecular formula is C15H26BrN3. The molecule has 0 saturated carbocycles. The van der Waals surface area contributed by atoms with Gasteiger partial charge in [0.15, 0.2) is 0 Å². The van der Waals surface area contributed by atoms with Crippen LogP contribution in [0.1, 0.15) is 31.9 Å². The Morgan fingerprint density at radius 3 is 2.42 bits per heavy atom. The summed E-state index contributed by atoms with van der Waals surface area (Å²) in [6.07, 6.45) is 1.14. The first-order valence-electron chi connectivity index (χ1n) is 6.90. The molecule has 0 saturated heterocycles. The lowest BCUT2D eigenvalue weighted by Crippen LogP contribution is -2.33. The van der Waals surface area contributed by atoms with E-state index in [1.165, 1.54) is 11.3 Å². The number of rotatable bonds is 7. The maximum Gasteiger partial charge on any atom is 0.0426 e. The van der Waals surface area contributed by atoms with Gasteiger partial charge in [-0.2, -0.15) is 0 Å². The average molecular weight is 328 g/mol. The molecule has 0 heterocycles. The number of anilines is 1. The SMILES string of the molecule is CCCN(CCN(C)C)c1cc(Br)ccc1C(C)N. The molecule has 108 valence electrons. The second kappa shape index (κ2) is 7.88. The summed E-state index contributed by atoms with van der Waals surface area (Å²) in [6.45, 7) is 7.39. The Morgan fingerprint density at radius 1 is 1.21 bits per heavy atom. The predicted molar refractivity (Wildman–Crippen MR) is 87.8 cm³/mol. The number of benzene rings is 1. The molecule has 0 radical (unpaired) electrons. The van der Waals surface area contributed by atoms with Crippen LogP contribution in [0.4, 0.5) is 5.69 Å². The van der Waals surface area contributed by atoms with Crippen molar-refractivity contribution in [1.29, 1.82) is 0 Å². The Kier molecular flexibility index (Phi) is 6.83. The first-order chi connectivity index (χ1) is 8.95. The topological polar surface area (TPSA) is 32.5 Å². The van der Waals surface area contributed by atoms with Crippen molar-refractivity contribution in [2.24, 2.45) is 5.73 Å². The molecular weight excluding hydrogens is 302 g/mol. The minimum absolute atomic E-state index is 0.0572. The summed E-state index contributed by atoms with van der Waals surface area (Å²) in [5.41, 5.74) is 8.58. The van der Waals surface area contributed by atoms with Gasteiger partial charge in [0, 0.05) is 35.8 Å². The molecule has 0 aliphatic rings. The van der Waals surface area contributed by atoms with Crippen LogP contribution in [0.2, 0.25) is 0 Å². The maximum atomic E-state index is 6.10. The van der Waals surface area contributed by atoms with E-state index in [-0.39, 0.29) is 6.04 Å². The van der Waals surface area contributed by atoms with Crippen molar-refractivity contribution in [3.8, 4) is 0 Å². The van der Waals surface area contributed by atoms with Gasteiger partial charge < -0.3 is 15.5 Å². The van der Waals surface area contributed by atoms with Crippen molar-refractivity contribution in [2.75, 3.05) is 38.6 Å². The molecule has 1 aromatic carbocycles. The highest BCUT2D eigenvalue weighted by Gasteiger charge is 2.14. The standard InChI is InChI=1S/C15H26BrN3/c1-5-8-19(10-9-18(3)4)15-11-13(16)6-7-14(15)12(2)17/h6-7,11-12H,5,8-10,17H2,1-4H3. The van der Waals surface area contributed by atoms with Gasteiger partial charge in [0.25, 0.3) is 0 Å². The summed E-state index contributed by atoms with van der Waals surface area (Å²) in [6, 6.07) is 6.44. The molecule has 0 amide bonds. The van der Waals surface area contributed by atoms with Gasteiger partial charge >= 0.3 is 0 Å². The van der Waals surface area contributed by atoms with E-state index in [1.807, 2.05) is 6.92 Å². The number of nitrogens with zero attached hydrogens (tertiary/aromatic N) is 2. The lowest BCUT2D eigenvalue weighted by atomic mass is 10.1. The molecule has 19 heavy (non-hydrogen) atoms. The number of hydrogen-bond donors (Lipinski definition) is 1. The number of nitrogens with two attached hydrogens (primary N) is 1. The fraction of sp³-hybridized carbons (Fsp3) is 0.600.